The second kappa shape index (κ2) is 10.9. The number of pyridine rings is 1. The summed E-state index contributed by atoms with van der Waals surface area (Å²) in [5.41, 5.74) is 1.83. The van der Waals surface area contributed by atoms with Crippen molar-refractivity contribution in [2.75, 3.05) is 18.4 Å². The number of carbonyl (C=O) groups is 1. The van der Waals surface area contributed by atoms with Crippen LogP contribution in [0.15, 0.2) is 69.4 Å². The van der Waals surface area contributed by atoms with Crippen LogP contribution in [0, 0.1) is 18.8 Å². The van der Waals surface area contributed by atoms with E-state index in [1.54, 1.807) is 29.7 Å². The lowest BCUT2D eigenvalue weighted by molar-refractivity contribution is 0.0622. The number of hydrogen-bond acceptors (Lipinski definition) is 5. The molecule has 1 aliphatic heterocycles. The molecular formula is C25H31N3OS2. The average Bonchev–Trinajstić information content (AvgIpc) is 2.74. The van der Waals surface area contributed by atoms with Crippen LogP contribution >= 0.6 is 23.5 Å². The Balaban J connectivity index is 1.68. The minimum atomic E-state index is 0.147. The van der Waals surface area contributed by atoms with Crippen molar-refractivity contribution in [2.24, 2.45) is 11.8 Å². The first-order chi connectivity index (χ1) is 14.9. The van der Waals surface area contributed by atoms with Crippen LogP contribution in [-0.4, -0.2) is 28.9 Å². The third-order valence-corrected chi connectivity index (χ3v) is 7.42. The Bertz CT molecular complexity index is 948. The first kappa shape index (κ1) is 23.5. The average molecular weight is 454 g/mol. The maximum atomic E-state index is 13.3. The number of anilines is 1. The zero-order chi connectivity index (χ0) is 22.4. The highest BCUT2D eigenvalue weighted by Gasteiger charge is 2.27. The van der Waals surface area contributed by atoms with E-state index in [2.05, 4.69) is 42.9 Å². The molecule has 0 radical (unpaired) electrons. The number of thioether (sulfide) groups is 2. The van der Waals surface area contributed by atoms with Gasteiger partial charge in [0.2, 0.25) is 0 Å². The van der Waals surface area contributed by atoms with Crippen LogP contribution in [0.1, 0.15) is 43.1 Å². The molecule has 1 amide bonds. The Morgan fingerprint density at radius 2 is 1.97 bits per heavy atom. The standard InChI is InChI=1S/C25H31N3OS2/c1-6-24(30-20(5)27-23-9-7-8-12-26-23)31-21-11-10-19(4)22(14-21)25(29)28-15-17(2)13-18(3)16-28/h6-12,14,17-18H,5,13,15-16H2,1-4H3,(H,26,27)/b24-6+. The Kier molecular flexibility index (Phi) is 8.27. The number of hydrogen-bond donors (Lipinski definition) is 1. The predicted octanol–water partition coefficient (Wildman–Crippen LogP) is 6.78. The highest BCUT2D eigenvalue weighted by molar-refractivity contribution is 8.24. The van der Waals surface area contributed by atoms with Gasteiger partial charge in [-0.05, 0) is 61.9 Å². The van der Waals surface area contributed by atoms with Crippen LogP contribution in [0.4, 0.5) is 5.82 Å². The molecule has 164 valence electrons. The Hall–Kier alpha value is -2.18. The number of aromatic nitrogens is 1. The minimum absolute atomic E-state index is 0.147. The molecule has 4 nitrogen and oxygen atoms in total. The van der Waals surface area contributed by atoms with E-state index in [-0.39, 0.29) is 5.91 Å². The van der Waals surface area contributed by atoms with Gasteiger partial charge in [-0.25, -0.2) is 4.98 Å². The summed E-state index contributed by atoms with van der Waals surface area (Å²) >= 11 is 3.21. The lowest BCUT2D eigenvalue weighted by Gasteiger charge is -2.35. The van der Waals surface area contributed by atoms with E-state index in [1.807, 2.05) is 49.1 Å². The fourth-order valence-electron chi connectivity index (χ4n) is 3.88. The molecule has 6 heteroatoms. The fraction of sp³-hybridized carbons (Fsp3) is 0.360. The Morgan fingerprint density at radius 3 is 2.61 bits per heavy atom. The van der Waals surface area contributed by atoms with Crippen molar-refractivity contribution in [3.8, 4) is 0 Å². The van der Waals surface area contributed by atoms with Crippen LogP contribution in [0.2, 0.25) is 0 Å². The number of piperidine rings is 1. The van der Waals surface area contributed by atoms with Gasteiger partial charge < -0.3 is 10.2 Å². The maximum Gasteiger partial charge on any atom is 0.254 e. The van der Waals surface area contributed by atoms with Crippen molar-refractivity contribution in [3.05, 3.63) is 75.6 Å². The van der Waals surface area contributed by atoms with Gasteiger partial charge in [-0.2, -0.15) is 0 Å². The van der Waals surface area contributed by atoms with E-state index in [9.17, 15) is 4.79 Å². The highest BCUT2D eigenvalue weighted by Crippen LogP contribution is 2.39. The largest absolute Gasteiger partial charge is 0.338 e. The van der Waals surface area contributed by atoms with Gasteiger partial charge in [-0.3, -0.25) is 4.79 Å². The van der Waals surface area contributed by atoms with E-state index in [0.717, 1.165) is 44.2 Å². The molecule has 2 aromatic rings. The molecule has 1 aromatic carbocycles. The highest BCUT2D eigenvalue weighted by atomic mass is 32.2. The van der Waals surface area contributed by atoms with Crippen LogP contribution in [0.25, 0.3) is 0 Å². The Labute approximate surface area is 194 Å². The fourth-order valence-corrected chi connectivity index (χ4v) is 5.81. The smallest absolute Gasteiger partial charge is 0.254 e. The van der Waals surface area contributed by atoms with Gasteiger partial charge in [0.15, 0.2) is 0 Å². The summed E-state index contributed by atoms with van der Waals surface area (Å²) in [5, 5.41) is 4.03. The quantitative estimate of drug-likeness (QED) is 0.468. The molecule has 3 rings (SSSR count). The number of benzene rings is 1. The van der Waals surface area contributed by atoms with Crippen LogP contribution in [0.3, 0.4) is 0 Å². The maximum absolute atomic E-state index is 13.3. The molecular weight excluding hydrogens is 422 g/mol. The van der Waals surface area contributed by atoms with Gasteiger partial charge in [0.1, 0.15) is 5.82 Å². The molecule has 0 aliphatic carbocycles. The van der Waals surface area contributed by atoms with Gasteiger partial charge >= 0.3 is 0 Å². The van der Waals surface area contributed by atoms with Crippen molar-refractivity contribution >= 4 is 35.2 Å². The zero-order valence-electron chi connectivity index (χ0n) is 18.7. The summed E-state index contributed by atoms with van der Waals surface area (Å²) in [7, 11) is 0. The second-order valence-corrected chi connectivity index (χ2v) is 10.7. The van der Waals surface area contributed by atoms with E-state index in [1.165, 1.54) is 6.42 Å². The number of nitrogens with zero attached hydrogens (tertiary/aromatic N) is 2. The van der Waals surface area contributed by atoms with Gasteiger partial charge in [0.05, 0.1) is 5.03 Å². The monoisotopic (exact) mass is 453 g/mol. The number of carbonyl (C=O) groups excluding carboxylic acids is 1. The van der Waals surface area contributed by atoms with Gasteiger partial charge in [0.25, 0.3) is 5.91 Å². The lowest BCUT2D eigenvalue weighted by atomic mass is 9.91. The van der Waals surface area contributed by atoms with Crippen molar-refractivity contribution in [2.45, 2.75) is 39.0 Å². The molecule has 31 heavy (non-hydrogen) atoms. The van der Waals surface area contributed by atoms with E-state index in [4.69, 9.17) is 0 Å². The summed E-state index contributed by atoms with van der Waals surface area (Å²) in [6, 6.07) is 11.9. The van der Waals surface area contributed by atoms with Gasteiger partial charge in [-0.1, -0.05) is 62.2 Å². The number of likely N-dealkylation sites (tertiary alicyclic amines) is 1. The SMILES string of the molecule is C=C(Nc1ccccn1)S/C(=C\C)Sc1ccc(C)c(C(=O)N2CC(C)CC(C)C2)c1. The summed E-state index contributed by atoms with van der Waals surface area (Å²) in [6.45, 7) is 14.3. The molecule has 1 aromatic heterocycles. The van der Waals surface area contributed by atoms with Crippen LogP contribution < -0.4 is 5.32 Å². The predicted molar refractivity (Wildman–Crippen MR) is 134 cm³/mol. The molecule has 2 atom stereocenters. The topological polar surface area (TPSA) is 45.2 Å². The lowest BCUT2D eigenvalue weighted by Crippen LogP contribution is -2.42. The number of amides is 1. The Morgan fingerprint density at radius 1 is 1.23 bits per heavy atom. The van der Waals surface area contributed by atoms with Crippen molar-refractivity contribution in [3.63, 3.8) is 0 Å². The third kappa shape index (κ3) is 6.65. The molecule has 0 spiro atoms. The minimum Gasteiger partial charge on any atom is -0.338 e. The normalized spacial score (nSPS) is 19.2. The molecule has 2 heterocycles. The summed E-state index contributed by atoms with van der Waals surface area (Å²) in [6.07, 6.45) is 5.01. The number of allylic oxidation sites excluding steroid dienone is 1. The van der Waals surface area contributed by atoms with Crippen molar-refractivity contribution < 1.29 is 4.79 Å². The van der Waals surface area contributed by atoms with Crippen molar-refractivity contribution in [1.82, 2.24) is 9.88 Å². The van der Waals surface area contributed by atoms with Crippen molar-refractivity contribution in [1.29, 1.82) is 0 Å². The summed E-state index contributed by atoms with van der Waals surface area (Å²) in [4.78, 5) is 20.6. The number of nitrogens with one attached hydrogen (secondary N) is 1. The third-order valence-electron chi connectivity index (χ3n) is 5.21. The first-order valence-electron chi connectivity index (χ1n) is 10.6. The van der Waals surface area contributed by atoms with Gasteiger partial charge in [-0.15, -0.1) is 0 Å². The molecule has 0 saturated carbocycles. The van der Waals surface area contributed by atoms with Gasteiger partial charge in [0, 0.05) is 34.0 Å². The number of aryl methyl sites for hydroxylation is 1. The zero-order valence-corrected chi connectivity index (χ0v) is 20.4. The van der Waals surface area contributed by atoms with E-state index in [0.29, 0.717) is 11.8 Å². The molecule has 1 fully saturated rings. The molecule has 2 unspecified atom stereocenters. The van der Waals surface area contributed by atoms with E-state index < -0.39 is 0 Å². The van der Waals surface area contributed by atoms with Crippen LogP contribution in [-0.2, 0) is 0 Å². The molecule has 1 saturated heterocycles. The molecule has 0 bridgehead atoms. The second-order valence-electron chi connectivity index (χ2n) is 8.21. The first-order valence-corrected chi connectivity index (χ1v) is 12.3. The number of rotatable bonds is 7. The van der Waals surface area contributed by atoms with Crippen LogP contribution in [0.5, 0.6) is 0 Å². The molecule has 1 aliphatic rings. The summed E-state index contributed by atoms with van der Waals surface area (Å²) in [5.74, 6) is 2.02. The van der Waals surface area contributed by atoms with E-state index >= 15 is 0 Å². The summed E-state index contributed by atoms with van der Waals surface area (Å²) < 4.78 is 1.09. The molecule has 1 N–H and O–H groups in total.